The van der Waals surface area contributed by atoms with Crippen LogP contribution in [-0.2, 0) is 19.5 Å². The number of hydrogen-bond donors (Lipinski definition) is 2. The largest absolute Gasteiger partial charge is 0.345 e. The van der Waals surface area contributed by atoms with Crippen LogP contribution in [0.2, 0.25) is 0 Å². The van der Waals surface area contributed by atoms with Crippen LogP contribution < -0.4 is 5.56 Å². The van der Waals surface area contributed by atoms with E-state index in [0.29, 0.717) is 18.9 Å². The van der Waals surface area contributed by atoms with E-state index < -0.39 is 0 Å². The first-order valence-corrected chi connectivity index (χ1v) is 8.09. The molecule has 0 saturated heterocycles. The Labute approximate surface area is 139 Å². The van der Waals surface area contributed by atoms with Crippen molar-refractivity contribution in [1.29, 1.82) is 0 Å². The van der Waals surface area contributed by atoms with E-state index in [0.717, 1.165) is 41.3 Å². The number of aromatic nitrogens is 4. The van der Waals surface area contributed by atoms with Gasteiger partial charge in [0.15, 0.2) is 0 Å². The number of fused-ring (bicyclic) bond motifs is 1. The van der Waals surface area contributed by atoms with Gasteiger partial charge in [0.1, 0.15) is 11.6 Å². The van der Waals surface area contributed by atoms with Crippen LogP contribution in [0, 0.1) is 6.92 Å². The van der Waals surface area contributed by atoms with Gasteiger partial charge in [-0.2, -0.15) is 0 Å². The van der Waals surface area contributed by atoms with E-state index in [1.165, 1.54) is 0 Å². The highest BCUT2D eigenvalue weighted by molar-refractivity contribution is 5.54. The Bertz CT molecular complexity index is 913. The molecule has 0 radical (unpaired) electrons. The van der Waals surface area contributed by atoms with Crippen molar-refractivity contribution in [1.82, 2.24) is 24.8 Å². The predicted octanol–water partition coefficient (Wildman–Crippen LogP) is 2.03. The van der Waals surface area contributed by atoms with Crippen LogP contribution in [0.15, 0.2) is 41.3 Å². The van der Waals surface area contributed by atoms with Crippen molar-refractivity contribution >= 4 is 0 Å². The molecular formula is C18H19N5O. The fourth-order valence-corrected chi connectivity index (χ4v) is 3.11. The summed E-state index contributed by atoms with van der Waals surface area (Å²) in [4.78, 5) is 29.9. The zero-order valence-corrected chi connectivity index (χ0v) is 13.5. The Balaban J connectivity index is 1.59. The maximum Gasteiger partial charge on any atom is 0.255 e. The van der Waals surface area contributed by atoms with Gasteiger partial charge in [0, 0.05) is 37.0 Å². The third-order valence-corrected chi connectivity index (χ3v) is 4.32. The molecule has 0 unspecified atom stereocenters. The molecule has 0 spiro atoms. The number of rotatable bonds is 3. The van der Waals surface area contributed by atoms with Crippen molar-refractivity contribution in [2.45, 2.75) is 26.4 Å². The van der Waals surface area contributed by atoms with Crippen LogP contribution in [0.1, 0.15) is 22.8 Å². The Kier molecular flexibility index (Phi) is 3.74. The van der Waals surface area contributed by atoms with Crippen LogP contribution in [0.5, 0.6) is 0 Å². The van der Waals surface area contributed by atoms with E-state index in [1.807, 2.05) is 43.5 Å². The number of nitrogens with zero attached hydrogens (tertiary/aromatic N) is 3. The molecule has 1 aliphatic rings. The normalized spacial score (nSPS) is 14.5. The molecule has 0 saturated carbocycles. The summed E-state index contributed by atoms with van der Waals surface area (Å²) in [7, 11) is 0. The second-order valence-electron chi connectivity index (χ2n) is 6.18. The molecule has 0 aliphatic carbocycles. The first kappa shape index (κ1) is 14.8. The summed E-state index contributed by atoms with van der Waals surface area (Å²) >= 11 is 0. The molecule has 122 valence electrons. The lowest BCUT2D eigenvalue weighted by Gasteiger charge is -2.26. The fourth-order valence-electron chi connectivity index (χ4n) is 3.11. The Morgan fingerprint density at radius 3 is 2.79 bits per heavy atom. The minimum Gasteiger partial charge on any atom is -0.345 e. The number of hydrogen-bond acceptors (Lipinski definition) is 4. The highest BCUT2D eigenvalue weighted by Gasteiger charge is 2.22. The highest BCUT2D eigenvalue weighted by Crippen LogP contribution is 2.19. The molecule has 4 rings (SSSR count). The summed E-state index contributed by atoms with van der Waals surface area (Å²) in [5, 5.41) is 0. The maximum absolute atomic E-state index is 12.5. The number of aryl methyl sites for hydroxylation is 1. The van der Waals surface area contributed by atoms with Gasteiger partial charge in [-0.05, 0) is 6.92 Å². The molecule has 1 aliphatic heterocycles. The first-order valence-electron chi connectivity index (χ1n) is 8.09. The summed E-state index contributed by atoms with van der Waals surface area (Å²) in [5.41, 5.74) is 3.62. The number of H-pyrrole nitrogens is 2. The molecular weight excluding hydrogens is 302 g/mol. The van der Waals surface area contributed by atoms with Crippen molar-refractivity contribution in [3.8, 4) is 11.4 Å². The smallest absolute Gasteiger partial charge is 0.255 e. The van der Waals surface area contributed by atoms with Gasteiger partial charge < -0.3 is 9.97 Å². The quantitative estimate of drug-likeness (QED) is 0.774. The Morgan fingerprint density at radius 1 is 1.21 bits per heavy atom. The number of imidazole rings is 1. The summed E-state index contributed by atoms with van der Waals surface area (Å²) in [5.74, 6) is 1.58. The van der Waals surface area contributed by atoms with E-state index in [-0.39, 0.29) is 5.56 Å². The van der Waals surface area contributed by atoms with E-state index >= 15 is 0 Å². The second-order valence-corrected chi connectivity index (χ2v) is 6.18. The van der Waals surface area contributed by atoms with Crippen molar-refractivity contribution in [3.63, 3.8) is 0 Å². The van der Waals surface area contributed by atoms with E-state index in [2.05, 4.69) is 24.8 Å². The second kappa shape index (κ2) is 6.05. The van der Waals surface area contributed by atoms with Crippen LogP contribution in [0.4, 0.5) is 0 Å². The van der Waals surface area contributed by atoms with E-state index in [4.69, 9.17) is 0 Å². The highest BCUT2D eigenvalue weighted by atomic mass is 16.1. The molecule has 6 heteroatoms. The van der Waals surface area contributed by atoms with Crippen LogP contribution in [0.3, 0.4) is 0 Å². The van der Waals surface area contributed by atoms with Crippen LogP contribution in [0.25, 0.3) is 11.4 Å². The monoisotopic (exact) mass is 321 g/mol. The summed E-state index contributed by atoms with van der Waals surface area (Å²) in [6, 6.07) is 9.76. The Hall–Kier alpha value is -2.73. The van der Waals surface area contributed by atoms with E-state index in [1.54, 1.807) is 0 Å². The van der Waals surface area contributed by atoms with Crippen LogP contribution >= 0.6 is 0 Å². The molecule has 3 aromatic rings. The third kappa shape index (κ3) is 2.88. The van der Waals surface area contributed by atoms with E-state index in [9.17, 15) is 4.79 Å². The lowest BCUT2D eigenvalue weighted by atomic mass is 10.1. The lowest BCUT2D eigenvalue weighted by molar-refractivity contribution is 0.236. The summed E-state index contributed by atoms with van der Waals surface area (Å²) < 4.78 is 0. The molecule has 2 aromatic heterocycles. The Morgan fingerprint density at radius 2 is 2.04 bits per heavy atom. The summed E-state index contributed by atoms with van der Waals surface area (Å²) in [6.45, 7) is 4.18. The van der Waals surface area contributed by atoms with Crippen molar-refractivity contribution in [2.24, 2.45) is 0 Å². The molecule has 0 amide bonds. The molecule has 0 atom stereocenters. The molecule has 0 bridgehead atoms. The third-order valence-electron chi connectivity index (χ3n) is 4.32. The molecule has 6 nitrogen and oxygen atoms in total. The lowest BCUT2D eigenvalue weighted by Crippen LogP contribution is -2.35. The average Bonchev–Trinajstić information content (AvgIpc) is 3.01. The van der Waals surface area contributed by atoms with Gasteiger partial charge >= 0.3 is 0 Å². The van der Waals surface area contributed by atoms with Gasteiger partial charge in [-0.3, -0.25) is 9.69 Å². The zero-order chi connectivity index (χ0) is 16.5. The van der Waals surface area contributed by atoms with Gasteiger partial charge in [-0.1, -0.05) is 30.3 Å². The van der Waals surface area contributed by atoms with Crippen molar-refractivity contribution < 1.29 is 0 Å². The minimum absolute atomic E-state index is 0.0424. The maximum atomic E-state index is 12.5. The number of benzene rings is 1. The predicted molar refractivity (Wildman–Crippen MR) is 91.4 cm³/mol. The standard InChI is InChI=1S/C18H19N5O/c1-12-9-19-16(20-12)11-23-8-7-15-14(10-23)18(24)22-17(21-15)13-5-3-2-4-6-13/h2-6,9H,7-8,10-11H2,1H3,(H,19,20)(H,21,22,24). The number of aromatic amines is 2. The molecule has 2 N–H and O–H groups in total. The average molecular weight is 321 g/mol. The van der Waals surface area contributed by atoms with Crippen molar-refractivity contribution in [2.75, 3.05) is 6.54 Å². The molecule has 1 aromatic carbocycles. The van der Waals surface area contributed by atoms with Gasteiger partial charge in [0.2, 0.25) is 0 Å². The van der Waals surface area contributed by atoms with Gasteiger partial charge in [-0.15, -0.1) is 0 Å². The molecule has 0 fully saturated rings. The minimum atomic E-state index is -0.0424. The fraction of sp³-hybridized carbons (Fsp3) is 0.278. The topological polar surface area (TPSA) is 77.7 Å². The summed E-state index contributed by atoms with van der Waals surface area (Å²) in [6.07, 6.45) is 2.60. The van der Waals surface area contributed by atoms with Gasteiger partial charge in [0.05, 0.1) is 17.8 Å². The zero-order valence-electron chi connectivity index (χ0n) is 13.5. The number of nitrogens with one attached hydrogen (secondary N) is 2. The molecule has 24 heavy (non-hydrogen) atoms. The first-order chi connectivity index (χ1) is 11.7. The van der Waals surface area contributed by atoms with Gasteiger partial charge in [-0.25, -0.2) is 9.97 Å². The van der Waals surface area contributed by atoms with Crippen LogP contribution in [-0.4, -0.2) is 31.4 Å². The molecule has 3 heterocycles. The SMILES string of the molecule is Cc1cnc(CN2CCc3nc(-c4ccccc4)[nH]c(=O)c3C2)[nH]1. The van der Waals surface area contributed by atoms with Crippen molar-refractivity contribution in [3.05, 3.63) is 69.7 Å². The van der Waals surface area contributed by atoms with Gasteiger partial charge in [0.25, 0.3) is 5.56 Å².